The molecule has 25 heavy (non-hydrogen) atoms. The van der Waals surface area contributed by atoms with Crippen molar-refractivity contribution in [2.24, 2.45) is 5.92 Å². The molecule has 134 valence electrons. The van der Waals surface area contributed by atoms with Gasteiger partial charge in [0.1, 0.15) is 0 Å². The van der Waals surface area contributed by atoms with Gasteiger partial charge in [-0.3, -0.25) is 9.59 Å². The SMILES string of the molecule is CC1CCN(C[C@H](O)CNC(=O)c2c[nH]c(=O)c3ccccc23)CC1. The van der Waals surface area contributed by atoms with Crippen LogP contribution in [-0.2, 0) is 0 Å². The fraction of sp³-hybridized carbons (Fsp3) is 0.474. The van der Waals surface area contributed by atoms with Crippen molar-refractivity contribution in [1.82, 2.24) is 15.2 Å². The van der Waals surface area contributed by atoms with Gasteiger partial charge in [0.25, 0.3) is 11.5 Å². The third-order valence-electron chi connectivity index (χ3n) is 4.90. The number of amides is 1. The monoisotopic (exact) mass is 343 g/mol. The Morgan fingerprint density at radius 1 is 1.32 bits per heavy atom. The van der Waals surface area contributed by atoms with Crippen LogP contribution in [0.4, 0.5) is 0 Å². The number of nitrogens with one attached hydrogen (secondary N) is 2. The van der Waals surface area contributed by atoms with Crippen molar-refractivity contribution in [3.63, 3.8) is 0 Å². The average Bonchev–Trinajstić information content (AvgIpc) is 2.62. The van der Waals surface area contributed by atoms with E-state index >= 15 is 0 Å². The van der Waals surface area contributed by atoms with E-state index in [1.165, 1.54) is 6.20 Å². The number of hydrogen-bond acceptors (Lipinski definition) is 4. The van der Waals surface area contributed by atoms with Crippen molar-refractivity contribution < 1.29 is 9.90 Å². The summed E-state index contributed by atoms with van der Waals surface area (Å²) >= 11 is 0. The van der Waals surface area contributed by atoms with Crippen molar-refractivity contribution in [2.75, 3.05) is 26.2 Å². The number of rotatable bonds is 5. The van der Waals surface area contributed by atoms with Gasteiger partial charge in [-0.2, -0.15) is 0 Å². The number of pyridine rings is 1. The maximum absolute atomic E-state index is 12.5. The van der Waals surface area contributed by atoms with Gasteiger partial charge < -0.3 is 20.3 Å². The highest BCUT2D eigenvalue weighted by molar-refractivity contribution is 6.06. The third-order valence-corrected chi connectivity index (χ3v) is 4.90. The highest BCUT2D eigenvalue weighted by Crippen LogP contribution is 2.16. The zero-order chi connectivity index (χ0) is 17.8. The summed E-state index contributed by atoms with van der Waals surface area (Å²) in [6.45, 7) is 5.01. The van der Waals surface area contributed by atoms with Crippen LogP contribution in [0.3, 0.4) is 0 Å². The lowest BCUT2D eigenvalue weighted by Gasteiger charge is -2.31. The molecule has 0 spiro atoms. The second-order valence-electron chi connectivity index (χ2n) is 6.92. The minimum absolute atomic E-state index is 0.193. The molecule has 0 radical (unpaired) electrons. The van der Waals surface area contributed by atoms with Gasteiger partial charge in [-0.05, 0) is 37.9 Å². The van der Waals surface area contributed by atoms with Crippen LogP contribution in [-0.4, -0.2) is 53.2 Å². The minimum Gasteiger partial charge on any atom is -0.390 e. The number of aromatic nitrogens is 1. The molecule has 0 aliphatic carbocycles. The lowest BCUT2D eigenvalue weighted by atomic mass is 9.99. The summed E-state index contributed by atoms with van der Waals surface area (Å²) < 4.78 is 0. The fourth-order valence-corrected chi connectivity index (χ4v) is 3.31. The second kappa shape index (κ2) is 7.80. The quantitative estimate of drug-likeness (QED) is 0.765. The van der Waals surface area contributed by atoms with Crippen LogP contribution in [0.15, 0.2) is 35.3 Å². The summed E-state index contributed by atoms with van der Waals surface area (Å²) in [5.74, 6) is 0.459. The maximum Gasteiger partial charge on any atom is 0.255 e. The van der Waals surface area contributed by atoms with Gasteiger partial charge in [0.2, 0.25) is 0 Å². The number of β-amino-alcohol motifs (C(OH)–C–C–N with tert-alkyl or cyclic N) is 1. The van der Waals surface area contributed by atoms with Gasteiger partial charge in [-0.25, -0.2) is 0 Å². The number of benzene rings is 1. The molecule has 0 bridgehead atoms. The molecule has 1 aliphatic rings. The molecule has 1 saturated heterocycles. The van der Waals surface area contributed by atoms with E-state index in [-0.39, 0.29) is 18.0 Å². The molecule has 1 aliphatic heterocycles. The number of aliphatic hydroxyl groups is 1. The summed E-state index contributed by atoms with van der Waals surface area (Å²) in [6.07, 6.45) is 3.13. The van der Waals surface area contributed by atoms with E-state index < -0.39 is 6.10 Å². The van der Waals surface area contributed by atoms with Crippen LogP contribution in [0.5, 0.6) is 0 Å². The number of nitrogens with zero attached hydrogens (tertiary/aromatic N) is 1. The molecule has 2 heterocycles. The Hall–Kier alpha value is -2.18. The molecular weight excluding hydrogens is 318 g/mol. The van der Waals surface area contributed by atoms with E-state index in [1.807, 2.05) is 0 Å². The van der Waals surface area contributed by atoms with Gasteiger partial charge in [0.05, 0.1) is 11.7 Å². The molecule has 1 amide bonds. The van der Waals surface area contributed by atoms with Gasteiger partial charge in [0.15, 0.2) is 0 Å². The zero-order valence-electron chi connectivity index (χ0n) is 14.5. The van der Waals surface area contributed by atoms with E-state index in [1.54, 1.807) is 24.3 Å². The molecule has 6 heteroatoms. The van der Waals surface area contributed by atoms with Crippen LogP contribution in [0, 0.1) is 5.92 Å². The van der Waals surface area contributed by atoms with Gasteiger partial charge in [-0.1, -0.05) is 25.1 Å². The molecule has 1 aromatic carbocycles. The number of fused-ring (bicyclic) bond motifs is 1. The first kappa shape index (κ1) is 17.6. The molecule has 1 aromatic heterocycles. The predicted molar refractivity (Wildman–Crippen MR) is 97.7 cm³/mol. The molecule has 3 rings (SSSR count). The van der Waals surface area contributed by atoms with E-state index in [2.05, 4.69) is 22.1 Å². The van der Waals surface area contributed by atoms with Crippen molar-refractivity contribution in [1.29, 1.82) is 0 Å². The van der Waals surface area contributed by atoms with Gasteiger partial charge in [0, 0.05) is 30.1 Å². The number of likely N-dealkylation sites (tertiary alicyclic amines) is 1. The van der Waals surface area contributed by atoms with Gasteiger partial charge >= 0.3 is 0 Å². The van der Waals surface area contributed by atoms with Crippen molar-refractivity contribution >= 4 is 16.7 Å². The number of piperidine rings is 1. The molecule has 6 nitrogen and oxygen atoms in total. The Balaban J connectivity index is 1.59. The van der Waals surface area contributed by atoms with Crippen LogP contribution in [0.2, 0.25) is 0 Å². The summed E-state index contributed by atoms with van der Waals surface area (Å²) in [6, 6.07) is 7.01. The average molecular weight is 343 g/mol. The van der Waals surface area contributed by atoms with E-state index in [0.717, 1.165) is 31.8 Å². The first-order valence-corrected chi connectivity index (χ1v) is 8.83. The van der Waals surface area contributed by atoms with Gasteiger partial charge in [-0.15, -0.1) is 0 Å². The van der Waals surface area contributed by atoms with E-state index in [9.17, 15) is 14.7 Å². The first-order valence-electron chi connectivity index (χ1n) is 8.83. The number of H-pyrrole nitrogens is 1. The summed E-state index contributed by atoms with van der Waals surface area (Å²) in [5, 5.41) is 14.1. The van der Waals surface area contributed by atoms with Crippen molar-refractivity contribution in [2.45, 2.75) is 25.9 Å². The fourth-order valence-electron chi connectivity index (χ4n) is 3.31. The van der Waals surface area contributed by atoms with Crippen LogP contribution < -0.4 is 10.9 Å². The Kier molecular flexibility index (Phi) is 5.50. The van der Waals surface area contributed by atoms with Crippen LogP contribution >= 0.6 is 0 Å². The first-order chi connectivity index (χ1) is 12.0. The molecular formula is C19H25N3O3. The Morgan fingerprint density at radius 2 is 2.00 bits per heavy atom. The summed E-state index contributed by atoms with van der Waals surface area (Å²) in [7, 11) is 0. The molecule has 1 atom stereocenters. The smallest absolute Gasteiger partial charge is 0.255 e. The minimum atomic E-state index is -0.605. The number of aromatic amines is 1. The number of carbonyl (C=O) groups is 1. The summed E-state index contributed by atoms with van der Waals surface area (Å²) in [4.78, 5) is 29.1. The second-order valence-corrected chi connectivity index (χ2v) is 6.92. The zero-order valence-corrected chi connectivity index (χ0v) is 14.5. The third kappa shape index (κ3) is 4.27. The molecule has 0 unspecified atom stereocenters. The molecule has 3 N–H and O–H groups in total. The maximum atomic E-state index is 12.5. The lowest BCUT2D eigenvalue weighted by molar-refractivity contribution is 0.0796. The molecule has 0 saturated carbocycles. The Morgan fingerprint density at radius 3 is 2.72 bits per heavy atom. The van der Waals surface area contributed by atoms with Crippen molar-refractivity contribution in [3.8, 4) is 0 Å². The normalized spacial score (nSPS) is 17.5. The largest absolute Gasteiger partial charge is 0.390 e. The number of hydrogen-bond donors (Lipinski definition) is 3. The highest BCUT2D eigenvalue weighted by Gasteiger charge is 2.19. The number of aliphatic hydroxyl groups excluding tert-OH is 1. The number of carbonyl (C=O) groups excluding carboxylic acids is 1. The predicted octanol–water partition coefficient (Wildman–Crippen LogP) is 1.35. The topological polar surface area (TPSA) is 85.4 Å². The van der Waals surface area contributed by atoms with Crippen molar-refractivity contribution in [3.05, 3.63) is 46.4 Å². The highest BCUT2D eigenvalue weighted by atomic mass is 16.3. The van der Waals surface area contributed by atoms with Crippen LogP contribution in [0.25, 0.3) is 10.8 Å². The van der Waals surface area contributed by atoms with E-state index in [4.69, 9.17) is 0 Å². The standard InChI is InChI=1S/C19H25N3O3/c1-13-6-8-22(9-7-13)12-14(23)10-20-19(25)17-11-21-18(24)16-5-3-2-4-15(16)17/h2-5,11,13-14,23H,6-10,12H2,1H3,(H,20,25)(H,21,24)/t14-/m1/s1. The molecule has 2 aromatic rings. The van der Waals surface area contributed by atoms with Crippen LogP contribution in [0.1, 0.15) is 30.1 Å². The van der Waals surface area contributed by atoms with E-state index in [0.29, 0.717) is 22.9 Å². The Bertz CT molecular complexity index is 794. The lowest BCUT2D eigenvalue weighted by Crippen LogP contribution is -2.43. The summed E-state index contributed by atoms with van der Waals surface area (Å²) in [5.41, 5.74) is 0.195. The molecule has 1 fully saturated rings. The Labute approximate surface area is 146 Å².